The molecule has 4 atom stereocenters. The number of rotatable bonds is 5. The molecule has 2 bridgehead atoms. The van der Waals surface area contributed by atoms with Gasteiger partial charge in [-0.1, -0.05) is 12.1 Å². The second-order valence-electron chi connectivity index (χ2n) is 7.10. The van der Waals surface area contributed by atoms with Gasteiger partial charge in [-0.2, -0.15) is 10.4 Å². The molecule has 2 aromatic rings. The van der Waals surface area contributed by atoms with Crippen molar-refractivity contribution in [3.05, 3.63) is 42.0 Å². The van der Waals surface area contributed by atoms with E-state index in [-0.39, 0.29) is 18.4 Å². The Morgan fingerprint density at radius 3 is 2.92 bits per heavy atom. The number of nitriles is 1. The number of benzene rings is 1. The fourth-order valence-electron chi connectivity index (χ4n) is 4.06. The van der Waals surface area contributed by atoms with Gasteiger partial charge in [-0.25, -0.2) is 4.39 Å². The predicted molar refractivity (Wildman–Crippen MR) is 93.3 cm³/mol. The molecule has 2 fully saturated rings. The van der Waals surface area contributed by atoms with Crippen molar-refractivity contribution in [1.82, 2.24) is 20.8 Å². The molecule has 6 nitrogen and oxygen atoms in total. The summed E-state index contributed by atoms with van der Waals surface area (Å²) in [5, 5.41) is 22.0. The number of carbonyl (C=O) groups is 1. The monoisotopic (exact) mass is 353 g/mol. The highest BCUT2D eigenvalue weighted by molar-refractivity contribution is 5.83. The van der Waals surface area contributed by atoms with E-state index >= 15 is 0 Å². The third-order valence-electron chi connectivity index (χ3n) is 5.42. The molecule has 1 aliphatic carbocycles. The number of fused-ring (bicyclic) bond motifs is 2. The molecule has 2 aliphatic rings. The SMILES string of the molecule is N#C[C@H](Cc1ccc(-c2cn[nH]c2)cc1F)NC(=O)[C@H]1N[C@@H]2CC[C@H]1C2. The molecule has 1 amide bonds. The van der Waals surface area contributed by atoms with Crippen LogP contribution in [0.25, 0.3) is 11.1 Å². The maximum atomic E-state index is 14.4. The summed E-state index contributed by atoms with van der Waals surface area (Å²) < 4.78 is 14.4. The van der Waals surface area contributed by atoms with Crippen molar-refractivity contribution in [2.24, 2.45) is 5.92 Å². The summed E-state index contributed by atoms with van der Waals surface area (Å²) >= 11 is 0. The molecule has 1 saturated carbocycles. The first-order chi connectivity index (χ1) is 12.6. The third kappa shape index (κ3) is 3.20. The van der Waals surface area contributed by atoms with Gasteiger partial charge in [-0.05, 0) is 42.4 Å². The number of nitrogens with one attached hydrogen (secondary N) is 3. The van der Waals surface area contributed by atoms with Gasteiger partial charge >= 0.3 is 0 Å². The summed E-state index contributed by atoms with van der Waals surface area (Å²) in [7, 11) is 0. The zero-order chi connectivity index (χ0) is 18.1. The van der Waals surface area contributed by atoms with Gasteiger partial charge in [0.2, 0.25) is 5.91 Å². The van der Waals surface area contributed by atoms with Gasteiger partial charge in [-0.3, -0.25) is 9.89 Å². The van der Waals surface area contributed by atoms with Gasteiger partial charge in [0.15, 0.2) is 0 Å². The standard InChI is InChI=1S/C19H20FN5O/c20-17-7-11(14-9-22-23-10-14)1-2-12(17)5-16(8-21)25-19(26)18-13-3-4-15(6-13)24-18/h1-2,7,9-10,13,15-16,18,24H,3-6H2,(H,22,23)(H,25,26)/t13-,15+,16-,18-/m0/s1. The van der Waals surface area contributed by atoms with Crippen molar-refractivity contribution in [2.45, 2.75) is 43.8 Å². The second kappa shape index (κ2) is 6.89. The number of hydrogen-bond donors (Lipinski definition) is 3. The average Bonchev–Trinajstić information content (AvgIpc) is 3.40. The number of aromatic nitrogens is 2. The Balaban J connectivity index is 1.42. The number of halogens is 1. The second-order valence-corrected chi connectivity index (χ2v) is 7.10. The van der Waals surface area contributed by atoms with E-state index in [1.165, 1.54) is 6.07 Å². The molecule has 1 aromatic heterocycles. The Kier molecular flexibility index (Phi) is 4.43. The molecule has 0 radical (unpaired) electrons. The molecule has 0 spiro atoms. The lowest BCUT2D eigenvalue weighted by atomic mass is 9.98. The van der Waals surface area contributed by atoms with E-state index < -0.39 is 11.9 Å². The molecule has 26 heavy (non-hydrogen) atoms. The molecule has 1 saturated heterocycles. The number of carbonyl (C=O) groups excluding carboxylic acids is 1. The fraction of sp³-hybridized carbons (Fsp3) is 0.421. The molecule has 134 valence electrons. The molecule has 0 unspecified atom stereocenters. The average molecular weight is 353 g/mol. The van der Waals surface area contributed by atoms with Crippen LogP contribution in [0.5, 0.6) is 0 Å². The highest BCUT2D eigenvalue weighted by Gasteiger charge is 2.43. The zero-order valence-corrected chi connectivity index (χ0v) is 14.2. The third-order valence-corrected chi connectivity index (χ3v) is 5.42. The van der Waals surface area contributed by atoms with Gasteiger partial charge in [0, 0.05) is 24.2 Å². The molecule has 3 N–H and O–H groups in total. The molecular weight excluding hydrogens is 333 g/mol. The molecule has 1 aliphatic heterocycles. The van der Waals surface area contributed by atoms with Gasteiger partial charge in [0.25, 0.3) is 0 Å². The van der Waals surface area contributed by atoms with Crippen LogP contribution in [0.4, 0.5) is 4.39 Å². The van der Waals surface area contributed by atoms with E-state index in [0.717, 1.165) is 24.8 Å². The summed E-state index contributed by atoms with van der Waals surface area (Å²) in [6.45, 7) is 0. The number of amides is 1. The van der Waals surface area contributed by atoms with E-state index in [0.29, 0.717) is 23.1 Å². The van der Waals surface area contributed by atoms with Gasteiger partial charge in [0.05, 0.1) is 18.3 Å². The number of aromatic amines is 1. The van der Waals surface area contributed by atoms with Crippen LogP contribution in [-0.2, 0) is 11.2 Å². The Morgan fingerprint density at radius 2 is 2.31 bits per heavy atom. The number of piperidine rings is 1. The highest BCUT2D eigenvalue weighted by atomic mass is 19.1. The van der Waals surface area contributed by atoms with Gasteiger partial charge in [0.1, 0.15) is 11.9 Å². The Bertz CT molecular complexity index is 844. The van der Waals surface area contributed by atoms with Crippen LogP contribution < -0.4 is 10.6 Å². The minimum atomic E-state index is -0.752. The van der Waals surface area contributed by atoms with E-state index in [4.69, 9.17) is 0 Å². The molecule has 2 heterocycles. The Labute approximate surface area is 150 Å². The smallest absolute Gasteiger partial charge is 0.238 e. The van der Waals surface area contributed by atoms with Crippen LogP contribution >= 0.6 is 0 Å². The quantitative estimate of drug-likeness (QED) is 0.765. The summed E-state index contributed by atoms with van der Waals surface area (Å²) in [5.74, 6) is -0.194. The van der Waals surface area contributed by atoms with Crippen molar-refractivity contribution in [1.29, 1.82) is 5.26 Å². The lowest BCUT2D eigenvalue weighted by molar-refractivity contribution is -0.124. The van der Waals surface area contributed by atoms with E-state index in [9.17, 15) is 14.4 Å². The molecule has 7 heteroatoms. The van der Waals surface area contributed by atoms with Gasteiger partial charge in [-0.15, -0.1) is 0 Å². The summed E-state index contributed by atoms with van der Waals surface area (Å²) in [5.41, 5.74) is 1.91. The summed E-state index contributed by atoms with van der Waals surface area (Å²) in [6, 6.07) is 6.39. The first-order valence-electron chi connectivity index (χ1n) is 8.87. The minimum absolute atomic E-state index is 0.139. The predicted octanol–water partition coefficient (Wildman–Crippen LogP) is 1.91. The van der Waals surface area contributed by atoms with Crippen molar-refractivity contribution >= 4 is 5.91 Å². The molecular formula is C19H20FN5O. The van der Waals surface area contributed by atoms with E-state index in [2.05, 4.69) is 26.9 Å². The lowest BCUT2D eigenvalue weighted by Gasteiger charge is -2.23. The summed E-state index contributed by atoms with van der Waals surface area (Å²) in [4.78, 5) is 12.5. The van der Waals surface area contributed by atoms with Gasteiger partial charge < -0.3 is 10.6 Å². The zero-order valence-electron chi connectivity index (χ0n) is 14.2. The number of nitrogens with zero attached hydrogens (tertiary/aromatic N) is 2. The highest BCUT2D eigenvalue weighted by Crippen LogP contribution is 2.35. The van der Waals surface area contributed by atoms with Crippen molar-refractivity contribution in [3.63, 3.8) is 0 Å². The maximum Gasteiger partial charge on any atom is 0.238 e. The Hall–Kier alpha value is -2.72. The van der Waals surface area contributed by atoms with Crippen LogP contribution in [-0.4, -0.2) is 34.2 Å². The molecule has 4 rings (SSSR count). The fourth-order valence-corrected chi connectivity index (χ4v) is 4.06. The van der Waals surface area contributed by atoms with Crippen molar-refractivity contribution in [2.75, 3.05) is 0 Å². The largest absolute Gasteiger partial charge is 0.339 e. The van der Waals surface area contributed by atoms with Crippen LogP contribution in [0.1, 0.15) is 24.8 Å². The number of hydrogen-bond acceptors (Lipinski definition) is 4. The lowest BCUT2D eigenvalue weighted by Crippen LogP contribution is -2.50. The first-order valence-corrected chi connectivity index (χ1v) is 8.87. The van der Waals surface area contributed by atoms with Crippen LogP contribution in [0.2, 0.25) is 0 Å². The topological polar surface area (TPSA) is 93.6 Å². The van der Waals surface area contributed by atoms with E-state index in [1.54, 1.807) is 24.5 Å². The molecule has 1 aromatic carbocycles. The van der Waals surface area contributed by atoms with Crippen LogP contribution in [0.15, 0.2) is 30.6 Å². The van der Waals surface area contributed by atoms with Crippen molar-refractivity contribution < 1.29 is 9.18 Å². The first kappa shape index (κ1) is 16.7. The summed E-state index contributed by atoms with van der Waals surface area (Å²) in [6.07, 6.45) is 6.64. The van der Waals surface area contributed by atoms with Crippen LogP contribution in [0, 0.1) is 23.1 Å². The normalized spacial score (nSPS) is 25.0. The number of H-pyrrole nitrogens is 1. The maximum absolute atomic E-state index is 14.4. The van der Waals surface area contributed by atoms with Crippen molar-refractivity contribution in [3.8, 4) is 17.2 Å². The van der Waals surface area contributed by atoms with Crippen LogP contribution in [0.3, 0.4) is 0 Å². The Morgan fingerprint density at radius 1 is 1.42 bits per heavy atom. The minimum Gasteiger partial charge on any atom is -0.339 e. The van der Waals surface area contributed by atoms with E-state index in [1.807, 2.05) is 0 Å².